The van der Waals surface area contributed by atoms with Crippen LogP contribution in [0.4, 0.5) is 11.5 Å². The fourth-order valence-corrected chi connectivity index (χ4v) is 2.43. The van der Waals surface area contributed by atoms with Gasteiger partial charge < -0.3 is 10.1 Å². The number of rotatable bonds is 4. The van der Waals surface area contributed by atoms with E-state index in [4.69, 9.17) is 4.74 Å². The molecule has 4 heteroatoms. The molecule has 0 amide bonds. The van der Waals surface area contributed by atoms with Crippen LogP contribution in [0.15, 0.2) is 54.6 Å². The van der Waals surface area contributed by atoms with Gasteiger partial charge in [0.05, 0.1) is 12.8 Å². The third-order valence-electron chi connectivity index (χ3n) is 3.49. The Balaban J connectivity index is 1.94. The first kappa shape index (κ1) is 15.0. The van der Waals surface area contributed by atoms with Crippen LogP contribution in [0.25, 0.3) is 11.3 Å². The lowest BCUT2D eigenvalue weighted by Gasteiger charge is -2.10. The van der Waals surface area contributed by atoms with E-state index in [-0.39, 0.29) is 0 Å². The number of anilines is 2. The minimum atomic E-state index is 0.731. The average Bonchev–Trinajstić information content (AvgIpc) is 2.54. The van der Waals surface area contributed by atoms with Crippen LogP contribution in [0.2, 0.25) is 0 Å². The van der Waals surface area contributed by atoms with Gasteiger partial charge in [-0.15, -0.1) is 0 Å². The first-order chi connectivity index (χ1) is 11.1. The molecular formula is C19H19N3O. The van der Waals surface area contributed by atoms with Crippen LogP contribution < -0.4 is 10.1 Å². The van der Waals surface area contributed by atoms with Crippen molar-refractivity contribution < 1.29 is 4.74 Å². The number of hydrogen-bond acceptors (Lipinski definition) is 4. The van der Waals surface area contributed by atoms with Gasteiger partial charge >= 0.3 is 0 Å². The molecule has 0 aliphatic rings. The molecule has 3 aromatic rings. The lowest BCUT2D eigenvalue weighted by atomic mass is 10.1. The highest BCUT2D eigenvalue weighted by Gasteiger charge is 2.06. The molecule has 0 spiro atoms. The van der Waals surface area contributed by atoms with Crippen molar-refractivity contribution in [3.63, 3.8) is 0 Å². The number of aryl methyl sites for hydroxylation is 2. The van der Waals surface area contributed by atoms with Crippen molar-refractivity contribution in [2.75, 3.05) is 12.4 Å². The largest absolute Gasteiger partial charge is 0.497 e. The summed E-state index contributed by atoms with van der Waals surface area (Å²) in [5.74, 6) is 2.30. The SMILES string of the molecule is COc1cccc(Nc2cc(-c3cccc(C)c3)nc(C)n2)c1. The van der Waals surface area contributed by atoms with Crippen LogP contribution in [0.3, 0.4) is 0 Å². The molecule has 1 N–H and O–H groups in total. The van der Waals surface area contributed by atoms with Crippen molar-refractivity contribution in [1.29, 1.82) is 0 Å². The second-order valence-corrected chi connectivity index (χ2v) is 5.41. The highest BCUT2D eigenvalue weighted by molar-refractivity contribution is 5.66. The van der Waals surface area contributed by atoms with Crippen LogP contribution in [0.5, 0.6) is 5.75 Å². The van der Waals surface area contributed by atoms with E-state index in [9.17, 15) is 0 Å². The molecular weight excluding hydrogens is 286 g/mol. The monoisotopic (exact) mass is 305 g/mol. The molecule has 0 unspecified atom stereocenters. The molecule has 1 aromatic heterocycles. The number of benzene rings is 2. The minimum absolute atomic E-state index is 0.731. The van der Waals surface area contributed by atoms with Crippen LogP contribution in [0.1, 0.15) is 11.4 Å². The maximum atomic E-state index is 5.25. The van der Waals surface area contributed by atoms with Gasteiger partial charge in [-0.05, 0) is 32.0 Å². The van der Waals surface area contributed by atoms with Gasteiger partial charge in [0.25, 0.3) is 0 Å². The van der Waals surface area contributed by atoms with Gasteiger partial charge in [0, 0.05) is 23.4 Å². The van der Waals surface area contributed by atoms with E-state index in [2.05, 4.69) is 40.4 Å². The molecule has 0 aliphatic heterocycles. The third-order valence-corrected chi connectivity index (χ3v) is 3.49. The number of ether oxygens (including phenoxy) is 1. The number of nitrogens with one attached hydrogen (secondary N) is 1. The molecule has 0 saturated carbocycles. The molecule has 0 saturated heterocycles. The maximum absolute atomic E-state index is 5.25. The minimum Gasteiger partial charge on any atom is -0.497 e. The van der Waals surface area contributed by atoms with Gasteiger partial charge in [-0.1, -0.05) is 29.8 Å². The molecule has 1 heterocycles. The Hall–Kier alpha value is -2.88. The molecule has 116 valence electrons. The summed E-state index contributed by atoms with van der Waals surface area (Å²) in [4.78, 5) is 9.01. The van der Waals surface area contributed by atoms with Gasteiger partial charge in [-0.25, -0.2) is 9.97 Å². The number of nitrogens with zero attached hydrogens (tertiary/aromatic N) is 2. The Morgan fingerprint density at radius 2 is 1.74 bits per heavy atom. The average molecular weight is 305 g/mol. The molecule has 0 fully saturated rings. The predicted molar refractivity (Wildman–Crippen MR) is 93.2 cm³/mol. The summed E-state index contributed by atoms with van der Waals surface area (Å²) in [5, 5.41) is 3.31. The van der Waals surface area contributed by atoms with E-state index in [1.54, 1.807) is 7.11 Å². The summed E-state index contributed by atoms with van der Waals surface area (Å²) in [7, 11) is 1.66. The van der Waals surface area contributed by atoms with Crippen molar-refractivity contribution in [2.24, 2.45) is 0 Å². The van der Waals surface area contributed by atoms with Crippen LogP contribution in [-0.4, -0.2) is 17.1 Å². The molecule has 23 heavy (non-hydrogen) atoms. The zero-order valence-electron chi connectivity index (χ0n) is 13.5. The molecule has 0 bridgehead atoms. The molecule has 0 radical (unpaired) electrons. The molecule has 0 aliphatic carbocycles. The second kappa shape index (κ2) is 6.48. The van der Waals surface area contributed by atoms with Crippen molar-refractivity contribution >= 4 is 11.5 Å². The summed E-state index contributed by atoms with van der Waals surface area (Å²) in [6.07, 6.45) is 0. The summed E-state index contributed by atoms with van der Waals surface area (Å²) in [6, 6.07) is 18.0. The quantitative estimate of drug-likeness (QED) is 0.770. The Kier molecular flexibility index (Phi) is 4.24. The molecule has 4 nitrogen and oxygen atoms in total. The van der Waals surface area contributed by atoms with E-state index < -0.39 is 0 Å². The predicted octanol–water partition coefficient (Wildman–Crippen LogP) is 4.51. The second-order valence-electron chi connectivity index (χ2n) is 5.41. The maximum Gasteiger partial charge on any atom is 0.134 e. The van der Waals surface area contributed by atoms with Crippen LogP contribution >= 0.6 is 0 Å². The van der Waals surface area contributed by atoms with Gasteiger partial charge in [0.1, 0.15) is 17.4 Å². The normalized spacial score (nSPS) is 10.4. The first-order valence-electron chi connectivity index (χ1n) is 7.48. The Morgan fingerprint density at radius 3 is 2.52 bits per heavy atom. The van der Waals surface area contributed by atoms with E-state index >= 15 is 0 Å². The summed E-state index contributed by atoms with van der Waals surface area (Å²) in [6.45, 7) is 3.98. The Labute approximate surface area is 136 Å². The summed E-state index contributed by atoms with van der Waals surface area (Å²) < 4.78 is 5.25. The molecule has 3 rings (SSSR count). The van der Waals surface area contributed by atoms with E-state index in [1.165, 1.54) is 5.56 Å². The fraction of sp³-hybridized carbons (Fsp3) is 0.158. The van der Waals surface area contributed by atoms with Gasteiger partial charge in [0.2, 0.25) is 0 Å². The third kappa shape index (κ3) is 3.66. The molecule has 0 atom stereocenters. The van der Waals surface area contributed by atoms with Crippen molar-refractivity contribution in [3.05, 3.63) is 66.0 Å². The van der Waals surface area contributed by atoms with Gasteiger partial charge in [-0.3, -0.25) is 0 Å². The van der Waals surface area contributed by atoms with E-state index in [0.29, 0.717) is 0 Å². The number of aromatic nitrogens is 2. The molecule has 2 aromatic carbocycles. The fourth-order valence-electron chi connectivity index (χ4n) is 2.43. The Bertz CT molecular complexity index is 830. The summed E-state index contributed by atoms with van der Waals surface area (Å²) in [5.41, 5.74) is 4.13. The van der Waals surface area contributed by atoms with Gasteiger partial charge in [-0.2, -0.15) is 0 Å². The highest BCUT2D eigenvalue weighted by atomic mass is 16.5. The zero-order chi connectivity index (χ0) is 16.2. The van der Waals surface area contributed by atoms with E-state index in [0.717, 1.165) is 34.3 Å². The topological polar surface area (TPSA) is 47.0 Å². The highest BCUT2D eigenvalue weighted by Crippen LogP contribution is 2.24. The number of hydrogen-bond donors (Lipinski definition) is 1. The lowest BCUT2D eigenvalue weighted by molar-refractivity contribution is 0.415. The van der Waals surface area contributed by atoms with Crippen LogP contribution in [0, 0.1) is 13.8 Å². The Morgan fingerprint density at radius 1 is 0.913 bits per heavy atom. The van der Waals surface area contributed by atoms with Crippen molar-refractivity contribution in [1.82, 2.24) is 9.97 Å². The summed E-state index contributed by atoms with van der Waals surface area (Å²) >= 11 is 0. The lowest BCUT2D eigenvalue weighted by Crippen LogP contribution is -1.99. The van der Waals surface area contributed by atoms with E-state index in [1.807, 2.05) is 43.3 Å². The van der Waals surface area contributed by atoms with Crippen LogP contribution in [-0.2, 0) is 0 Å². The first-order valence-corrected chi connectivity index (χ1v) is 7.48. The smallest absolute Gasteiger partial charge is 0.134 e. The zero-order valence-corrected chi connectivity index (χ0v) is 13.5. The van der Waals surface area contributed by atoms with Gasteiger partial charge in [0.15, 0.2) is 0 Å². The number of methoxy groups -OCH3 is 1. The van der Waals surface area contributed by atoms with Crippen molar-refractivity contribution in [2.45, 2.75) is 13.8 Å². The van der Waals surface area contributed by atoms with Crippen molar-refractivity contribution in [3.8, 4) is 17.0 Å². The standard InChI is InChI=1S/C19H19N3O/c1-13-6-4-7-15(10-13)18-12-19(21-14(2)20-18)22-16-8-5-9-17(11-16)23-3/h4-12H,1-3H3,(H,20,21,22).